The van der Waals surface area contributed by atoms with Crippen LogP contribution in [0.1, 0.15) is 44.1 Å². The molecule has 2 aromatic rings. The van der Waals surface area contributed by atoms with Gasteiger partial charge in [0.25, 0.3) is 0 Å². The molecular formula is C27H33N3O2. The zero-order valence-corrected chi connectivity index (χ0v) is 18.8. The molecule has 0 radical (unpaired) electrons. The van der Waals surface area contributed by atoms with Gasteiger partial charge in [0.15, 0.2) is 0 Å². The standard InChI is InChI=1S/C27H33N3O2/c1-2-14-29-26(32)27(12-16-30(17-13-27)25(31)22-8-3-4-9-22)19-21-7-5-10-23(18-21)24-11-6-15-28-20-24/h2,5-7,10-11,15,18,20,22H,1,3-4,8-9,12-14,16-17,19H2,(H,29,32). The van der Waals surface area contributed by atoms with Crippen molar-refractivity contribution in [2.75, 3.05) is 19.6 Å². The highest BCUT2D eigenvalue weighted by molar-refractivity contribution is 5.84. The molecule has 5 nitrogen and oxygen atoms in total. The van der Waals surface area contributed by atoms with Gasteiger partial charge in [-0.2, -0.15) is 0 Å². The number of benzene rings is 1. The summed E-state index contributed by atoms with van der Waals surface area (Å²) in [7, 11) is 0. The van der Waals surface area contributed by atoms with Crippen LogP contribution in [0.4, 0.5) is 0 Å². The molecule has 1 aromatic carbocycles. The number of carbonyl (C=O) groups is 2. The van der Waals surface area contributed by atoms with Gasteiger partial charge in [0.1, 0.15) is 0 Å². The van der Waals surface area contributed by atoms with Gasteiger partial charge in [-0.05, 0) is 54.9 Å². The average molecular weight is 432 g/mol. The molecule has 1 saturated heterocycles. The third-order valence-corrected chi connectivity index (χ3v) is 7.09. The van der Waals surface area contributed by atoms with Crippen LogP contribution in [-0.4, -0.2) is 41.3 Å². The van der Waals surface area contributed by atoms with E-state index in [4.69, 9.17) is 0 Å². The summed E-state index contributed by atoms with van der Waals surface area (Å²) < 4.78 is 0. The molecule has 2 fully saturated rings. The topological polar surface area (TPSA) is 62.3 Å². The van der Waals surface area contributed by atoms with Gasteiger partial charge in [-0.3, -0.25) is 14.6 Å². The number of amides is 2. The Hall–Kier alpha value is -2.95. The SMILES string of the molecule is C=CCNC(=O)C1(Cc2cccc(-c3cccnc3)c2)CCN(C(=O)C2CCCC2)CC1. The summed E-state index contributed by atoms with van der Waals surface area (Å²) in [6.07, 6.45) is 11.7. The number of likely N-dealkylation sites (tertiary alicyclic amines) is 1. The summed E-state index contributed by atoms with van der Waals surface area (Å²) in [5, 5.41) is 3.04. The Balaban J connectivity index is 1.52. The van der Waals surface area contributed by atoms with Crippen molar-refractivity contribution >= 4 is 11.8 Å². The summed E-state index contributed by atoms with van der Waals surface area (Å²) in [6, 6.07) is 12.4. The number of aromatic nitrogens is 1. The van der Waals surface area contributed by atoms with Gasteiger partial charge < -0.3 is 10.2 Å². The van der Waals surface area contributed by atoms with Crippen LogP contribution in [0.2, 0.25) is 0 Å². The Kier molecular flexibility index (Phi) is 7.03. The molecule has 2 heterocycles. The van der Waals surface area contributed by atoms with Gasteiger partial charge in [-0.25, -0.2) is 0 Å². The average Bonchev–Trinajstić information content (AvgIpc) is 3.38. The van der Waals surface area contributed by atoms with E-state index >= 15 is 0 Å². The Morgan fingerprint density at radius 3 is 2.56 bits per heavy atom. The monoisotopic (exact) mass is 431 g/mol. The van der Waals surface area contributed by atoms with E-state index in [9.17, 15) is 9.59 Å². The Morgan fingerprint density at radius 1 is 1.12 bits per heavy atom. The first kappa shape index (κ1) is 22.3. The molecule has 1 saturated carbocycles. The molecule has 1 aliphatic carbocycles. The van der Waals surface area contributed by atoms with Gasteiger partial charge in [0.05, 0.1) is 5.41 Å². The maximum Gasteiger partial charge on any atom is 0.226 e. The predicted octanol–water partition coefficient (Wildman–Crippen LogP) is 4.39. The second kappa shape index (κ2) is 10.1. The molecule has 0 bridgehead atoms. The van der Waals surface area contributed by atoms with Crippen molar-refractivity contribution in [2.45, 2.75) is 44.9 Å². The summed E-state index contributed by atoms with van der Waals surface area (Å²) in [4.78, 5) is 32.4. The van der Waals surface area contributed by atoms with E-state index in [1.807, 2.05) is 29.3 Å². The van der Waals surface area contributed by atoms with Crippen LogP contribution in [0.25, 0.3) is 11.1 Å². The normalized spacial score (nSPS) is 18.3. The molecule has 168 valence electrons. The van der Waals surface area contributed by atoms with Gasteiger partial charge in [0, 0.05) is 37.9 Å². The van der Waals surface area contributed by atoms with Crippen molar-refractivity contribution in [1.29, 1.82) is 0 Å². The number of hydrogen-bond acceptors (Lipinski definition) is 3. The maximum absolute atomic E-state index is 13.3. The molecule has 1 aliphatic heterocycles. The lowest BCUT2D eigenvalue weighted by Crippen LogP contribution is -2.52. The molecule has 0 unspecified atom stereocenters. The van der Waals surface area contributed by atoms with Crippen LogP contribution in [0, 0.1) is 11.3 Å². The van der Waals surface area contributed by atoms with Crippen LogP contribution in [-0.2, 0) is 16.0 Å². The number of piperidine rings is 1. The van der Waals surface area contributed by atoms with Crippen molar-refractivity contribution in [3.63, 3.8) is 0 Å². The molecule has 1 aromatic heterocycles. The molecule has 1 N–H and O–H groups in total. The Labute approximate surface area is 190 Å². The Morgan fingerprint density at radius 2 is 1.88 bits per heavy atom. The van der Waals surface area contributed by atoms with Crippen LogP contribution in [0.15, 0.2) is 61.4 Å². The molecule has 2 amide bonds. The first-order valence-corrected chi connectivity index (χ1v) is 11.8. The summed E-state index contributed by atoms with van der Waals surface area (Å²) in [6.45, 7) is 5.50. The zero-order chi connectivity index (χ0) is 22.4. The highest BCUT2D eigenvalue weighted by atomic mass is 16.2. The minimum absolute atomic E-state index is 0.0668. The van der Waals surface area contributed by atoms with Crippen LogP contribution in [0.5, 0.6) is 0 Å². The summed E-state index contributed by atoms with van der Waals surface area (Å²) >= 11 is 0. The molecule has 0 spiro atoms. The van der Waals surface area contributed by atoms with Crippen LogP contribution >= 0.6 is 0 Å². The summed E-state index contributed by atoms with van der Waals surface area (Å²) in [5.74, 6) is 0.548. The molecule has 4 rings (SSSR count). The van der Waals surface area contributed by atoms with Crippen molar-refractivity contribution in [3.8, 4) is 11.1 Å². The van der Waals surface area contributed by atoms with E-state index < -0.39 is 5.41 Å². The van der Waals surface area contributed by atoms with E-state index in [-0.39, 0.29) is 11.8 Å². The zero-order valence-electron chi connectivity index (χ0n) is 18.8. The number of nitrogens with one attached hydrogen (secondary N) is 1. The van der Waals surface area contributed by atoms with Crippen molar-refractivity contribution in [1.82, 2.24) is 15.2 Å². The van der Waals surface area contributed by atoms with E-state index in [1.54, 1.807) is 12.3 Å². The van der Waals surface area contributed by atoms with Gasteiger partial charge in [-0.15, -0.1) is 6.58 Å². The number of hydrogen-bond donors (Lipinski definition) is 1. The predicted molar refractivity (Wildman–Crippen MR) is 127 cm³/mol. The van der Waals surface area contributed by atoms with Crippen molar-refractivity contribution in [3.05, 3.63) is 67.0 Å². The fourth-order valence-electron chi connectivity index (χ4n) is 5.21. The van der Waals surface area contributed by atoms with Crippen molar-refractivity contribution in [2.24, 2.45) is 11.3 Å². The molecule has 2 aliphatic rings. The fraction of sp³-hybridized carbons (Fsp3) is 0.444. The quantitative estimate of drug-likeness (QED) is 0.661. The smallest absolute Gasteiger partial charge is 0.226 e. The second-order valence-electron chi connectivity index (χ2n) is 9.20. The van der Waals surface area contributed by atoms with E-state index in [0.717, 1.165) is 42.4 Å². The molecule has 5 heteroatoms. The molecular weight excluding hydrogens is 398 g/mol. The van der Waals surface area contributed by atoms with E-state index in [0.29, 0.717) is 44.8 Å². The summed E-state index contributed by atoms with van der Waals surface area (Å²) in [5.41, 5.74) is 2.79. The molecule has 32 heavy (non-hydrogen) atoms. The highest BCUT2D eigenvalue weighted by Crippen LogP contribution is 2.38. The number of pyridine rings is 1. The van der Waals surface area contributed by atoms with Gasteiger partial charge in [0.2, 0.25) is 11.8 Å². The molecule has 0 atom stereocenters. The number of rotatable bonds is 7. The van der Waals surface area contributed by atoms with Gasteiger partial charge >= 0.3 is 0 Å². The van der Waals surface area contributed by atoms with Gasteiger partial charge in [-0.1, -0.05) is 49.2 Å². The largest absolute Gasteiger partial charge is 0.352 e. The second-order valence-corrected chi connectivity index (χ2v) is 9.20. The van der Waals surface area contributed by atoms with E-state index in [2.05, 4.69) is 35.1 Å². The number of carbonyl (C=O) groups excluding carboxylic acids is 2. The third kappa shape index (κ3) is 4.93. The lowest BCUT2D eigenvalue weighted by atomic mass is 9.72. The Bertz CT molecular complexity index is 942. The minimum atomic E-state index is -0.511. The lowest BCUT2D eigenvalue weighted by molar-refractivity contribution is -0.143. The first-order chi connectivity index (χ1) is 15.6. The lowest BCUT2D eigenvalue weighted by Gasteiger charge is -2.41. The van der Waals surface area contributed by atoms with Crippen molar-refractivity contribution < 1.29 is 9.59 Å². The highest BCUT2D eigenvalue weighted by Gasteiger charge is 2.43. The fourth-order valence-corrected chi connectivity index (χ4v) is 5.21. The third-order valence-electron chi connectivity index (χ3n) is 7.09. The minimum Gasteiger partial charge on any atom is -0.352 e. The number of nitrogens with zero attached hydrogens (tertiary/aromatic N) is 2. The van der Waals surface area contributed by atoms with Crippen LogP contribution in [0.3, 0.4) is 0 Å². The van der Waals surface area contributed by atoms with Crippen LogP contribution < -0.4 is 5.32 Å². The first-order valence-electron chi connectivity index (χ1n) is 11.8. The van der Waals surface area contributed by atoms with E-state index in [1.165, 1.54) is 0 Å². The maximum atomic E-state index is 13.3.